The number of anilines is 1. The maximum Gasteiger partial charge on any atom is 0.319 e. The Morgan fingerprint density at radius 1 is 1.09 bits per heavy atom. The summed E-state index contributed by atoms with van der Waals surface area (Å²) in [4.78, 5) is 24.3. The fourth-order valence-electron chi connectivity index (χ4n) is 3.60. The smallest absolute Gasteiger partial charge is 0.319 e. The average Bonchev–Trinajstić information content (AvgIpc) is 2.37. The third-order valence-electron chi connectivity index (χ3n) is 4.32. The maximum absolute atomic E-state index is 12.4. The van der Waals surface area contributed by atoms with Gasteiger partial charge in [-0.1, -0.05) is 50.9 Å². The van der Waals surface area contributed by atoms with E-state index in [-0.39, 0.29) is 28.7 Å². The van der Waals surface area contributed by atoms with Crippen molar-refractivity contribution in [3.05, 3.63) is 28.2 Å². The second-order valence-corrected chi connectivity index (χ2v) is 8.34. The number of Topliss-reactive ketones (excluding diaryl/α,β-unsaturated/α-hetero) is 1. The monoisotopic (exact) mass is 356 g/mol. The third-order valence-corrected chi connectivity index (χ3v) is 5.06. The van der Waals surface area contributed by atoms with Gasteiger partial charge in [-0.25, -0.2) is 4.79 Å². The molecule has 0 atom stereocenters. The fourth-order valence-corrected chi connectivity index (χ4v) is 3.90. The molecule has 1 fully saturated rings. The Morgan fingerprint density at radius 2 is 1.65 bits per heavy atom. The van der Waals surface area contributed by atoms with Crippen LogP contribution in [0.5, 0.6) is 0 Å². The first-order valence-electron chi connectivity index (χ1n) is 7.55. The van der Waals surface area contributed by atoms with Crippen molar-refractivity contribution in [3.63, 3.8) is 0 Å². The van der Waals surface area contributed by atoms with Gasteiger partial charge in [0, 0.05) is 24.6 Å². The van der Waals surface area contributed by atoms with Gasteiger partial charge in [0.15, 0.2) is 0 Å². The van der Waals surface area contributed by atoms with Crippen molar-refractivity contribution in [2.75, 3.05) is 5.32 Å². The van der Waals surface area contributed by atoms with Gasteiger partial charge in [-0.2, -0.15) is 0 Å². The molecule has 1 aliphatic carbocycles. The van der Waals surface area contributed by atoms with E-state index < -0.39 is 0 Å². The van der Waals surface area contributed by atoms with Gasteiger partial charge in [-0.15, -0.1) is 0 Å². The average molecular weight is 357 g/mol. The maximum atomic E-state index is 12.4. The first-order chi connectivity index (χ1) is 10.5. The zero-order valence-corrected chi connectivity index (χ0v) is 15.3. The fraction of sp³-hybridized carbons (Fsp3) is 0.529. The molecule has 2 amide bonds. The molecule has 2 rings (SSSR count). The highest BCUT2D eigenvalue weighted by Crippen LogP contribution is 2.44. The van der Waals surface area contributed by atoms with Crippen LogP contribution in [0.25, 0.3) is 0 Å². The topological polar surface area (TPSA) is 58.2 Å². The highest BCUT2D eigenvalue weighted by atomic mass is 35.5. The molecule has 6 heteroatoms. The standard InChI is InChI=1S/C17H22Cl2N2O2/c1-16(2)8-11(22)9-17(3,4)14(16)21-15(23)20-10-5-6-12(18)13(19)7-10/h5-7,14H,8-9H2,1-4H3,(H2,20,21,23). The summed E-state index contributed by atoms with van der Waals surface area (Å²) in [5.41, 5.74) is -0.0267. The Labute approximate surface area is 146 Å². The van der Waals surface area contributed by atoms with Crippen molar-refractivity contribution in [3.8, 4) is 0 Å². The molecule has 4 nitrogen and oxygen atoms in total. The van der Waals surface area contributed by atoms with Gasteiger partial charge in [0.1, 0.15) is 5.78 Å². The Kier molecular flexibility index (Phi) is 4.97. The number of hydrogen-bond acceptors (Lipinski definition) is 2. The number of carbonyl (C=O) groups is 2. The predicted octanol–water partition coefficient (Wildman–Crippen LogP) is 4.90. The van der Waals surface area contributed by atoms with Gasteiger partial charge < -0.3 is 10.6 Å². The zero-order chi connectivity index (χ0) is 17.4. The van der Waals surface area contributed by atoms with Crippen molar-refractivity contribution >= 4 is 40.7 Å². The summed E-state index contributed by atoms with van der Waals surface area (Å²) in [5.74, 6) is 0.239. The van der Waals surface area contributed by atoms with E-state index >= 15 is 0 Å². The highest BCUT2D eigenvalue weighted by molar-refractivity contribution is 6.42. The Morgan fingerprint density at radius 3 is 2.17 bits per heavy atom. The van der Waals surface area contributed by atoms with E-state index in [1.165, 1.54) is 0 Å². The summed E-state index contributed by atoms with van der Waals surface area (Å²) in [6, 6.07) is 4.49. The minimum Gasteiger partial charge on any atom is -0.334 e. The summed E-state index contributed by atoms with van der Waals surface area (Å²) < 4.78 is 0. The van der Waals surface area contributed by atoms with Crippen LogP contribution in [-0.4, -0.2) is 17.9 Å². The van der Waals surface area contributed by atoms with Crippen LogP contribution < -0.4 is 10.6 Å². The molecule has 1 aliphatic rings. The molecule has 1 saturated carbocycles. The van der Waals surface area contributed by atoms with Crippen molar-refractivity contribution in [1.29, 1.82) is 0 Å². The lowest BCUT2D eigenvalue weighted by Gasteiger charge is -2.48. The largest absolute Gasteiger partial charge is 0.334 e. The van der Waals surface area contributed by atoms with Crippen molar-refractivity contribution in [1.82, 2.24) is 5.32 Å². The molecule has 1 aromatic carbocycles. The van der Waals surface area contributed by atoms with Crippen LogP contribution in [-0.2, 0) is 4.79 Å². The SMILES string of the molecule is CC1(C)CC(=O)CC(C)(C)C1NC(=O)Nc1ccc(Cl)c(Cl)c1. The Hall–Kier alpha value is -1.26. The van der Waals surface area contributed by atoms with Crippen LogP contribution in [0.3, 0.4) is 0 Å². The number of halogens is 2. The highest BCUT2D eigenvalue weighted by Gasteiger charge is 2.47. The van der Waals surface area contributed by atoms with Gasteiger partial charge >= 0.3 is 6.03 Å². The van der Waals surface area contributed by atoms with Gasteiger partial charge in [0.05, 0.1) is 10.0 Å². The number of urea groups is 1. The molecule has 0 spiro atoms. The molecule has 0 saturated heterocycles. The molecule has 0 unspecified atom stereocenters. The number of nitrogens with one attached hydrogen (secondary N) is 2. The Bertz CT molecular complexity index is 621. The van der Waals surface area contributed by atoms with E-state index in [0.29, 0.717) is 28.6 Å². The molecule has 23 heavy (non-hydrogen) atoms. The van der Waals surface area contributed by atoms with Crippen LogP contribution in [0.2, 0.25) is 10.0 Å². The number of ketones is 1. The predicted molar refractivity (Wildman–Crippen MR) is 94.2 cm³/mol. The number of carbonyl (C=O) groups excluding carboxylic acids is 2. The minimum atomic E-state index is -0.316. The third kappa shape index (κ3) is 4.18. The van der Waals surface area contributed by atoms with Crippen LogP contribution in [0.1, 0.15) is 40.5 Å². The van der Waals surface area contributed by atoms with E-state index in [1.54, 1.807) is 18.2 Å². The first kappa shape index (κ1) is 18.1. The molecule has 1 aromatic rings. The van der Waals surface area contributed by atoms with Crippen LogP contribution in [0.4, 0.5) is 10.5 Å². The lowest BCUT2D eigenvalue weighted by Crippen LogP contribution is -2.58. The van der Waals surface area contributed by atoms with E-state index in [2.05, 4.69) is 10.6 Å². The van der Waals surface area contributed by atoms with Crippen LogP contribution in [0.15, 0.2) is 18.2 Å². The van der Waals surface area contributed by atoms with Crippen molar-refractivity contribution < 1.29 is 9.59 Å². The normalized spacial score (nSPS) is 20.2. The van der Waals surface area contributed by atoms with Gasteiger partial charge in [0.25, 0.3) is 0 Å². The van der Waals surface area contributed by atoms with Gasteiger partial charge in [-0.05, 0) is 29.0 Å². The number of benzene rings is 1. The molecule has 126 valence electrons. The van der Waals surface area contributed by atoms with E-state index in [1.807, 2.05) is 27.7 Å². The lowest BCUT2D eigenvalue weighted by atomic mass is 9.61. The van der Waals surface area contributed by atoms with Gasteiger partial charge in [0.2, 0.25) is 0 Å². The van der Waals surface area contributed by atoms with Crippen molar-refractivity contribution in [2.24, 2.45) is 10.8 Å². The molecule has 0 aromatic heterocycles. The molecule has 0 radical (unpaired) electrons. The number of hydrogen-bond donors (Lipinski definition) is 2. The van der Waals surface area contributed by atoms with E-state index in [9.17, 15) is 9.59 Å². The molecular formula is C17H22Cl2N2O2. The molecule has 0 aliphatic heterocycles. The van der Waals surface area contributed by atoms with Crippen LogP contribution >= 0.6 is 23.2 Å². The summed E-state index contributed by atoms with van der Waals surface area (Å²) in [7, 11) is 0. The molecule has 2 N–H and O–H groups in total. The van der Waals surface area contributed by atoms with Crippen molar-refractivity contribution in [2.45, 2.75) is 46.6 Å². The lowest BCUT2D eigenvalue weighted by molar-refractivity contribution is -0.128. The summed E-state index contributed by atoms with van der Waals surface area (Å²) in [5, 5.41) is 6.61. The van der Waals surface area contributed by atoms with Crippen LogP contribution in [0, 0.1) is 10.8 Å². The minimum absolute atomic E-state index is 0.115. The van der Waals surface area contributed by atoms with E-state index in [0.717, 1.165) is 0 Å². The summed E-state index contributed by atoms with van der Waals surface area (Å²) >= 11 is 11.8. The summed E-state index contributed by atoms with van der Waals surface area (Å²) in [6.45, 7) is 8.04. The Balaban J connectivity index is 2.11. The first-order valence-corrected chi connectivity index (χ1v) is 8.31. The second kappa shape index (κ2) is 6.33. The molecule has 0 bridgehead atoms. The zero-order valence-electron chi connectivity index (χ0n) is 13.8. The number of rotatable bonds is 2. The number of amides is 2. The molecule has 0 heterocycles. The quantitative estimate of drug-likeness (QED) is 0.791. The summed E-state index contributed by atoms with van der Waals surface area (Å²) in [6.07, 6.45) is 0.933. The molecular weight excluding hydrogens is 335 g/mol. The second-order valence-electron chi connectivity index (χ2n) is 7.53. The van der Waals surface area contributed by atoms with Gasteiger partial charge in [-0.3, -0.25) is 4.79 Å². The van der Waals surface area contributed by atoms with E-state index in [4.69, 9.17) is 23.2 Å².